The minimum Gasteiger partial charge on any atom is -0.497 e. The molecule has 1 saturated heterocycles. The predicted molar refractivity (Wildman–Crippen MR) is 115 cm³/mol. The molecule has 1 atom stereocenters. The number of rotatable bonds is 8. The minimum atomic E-state index is -0.477. The third kappa shape index (κ3) is 4.47. The Kier molecular flexibility index (Phi) is 6.78. The number of nitrogens with zero attached hydrogens (tertiary/aromatic N) is 1. The SMILES string of the molecule is CCCCC[C@](N)(c1ccc(OC)cc1)c1ccccc1N1CCCCC1. The van der Waals surface area contributed by atoms with E-state index in [4.69, 9.17) is 10.5 Å². The van der Waals surface area contributed by atoms with Crippen molar-refractivity contribution in [1.82, 2.24) is 0 Å². The number of unbranched alkanes of at least 4 members (excludes halogenated alkanes) is 2. The largest absolute Gasteiger partial charge is 0.497 e. The summed E-state index contributed by atoms with van der Waals surface area (Å²) in [5.74, 6) is 0.874. The lowest BCUT2D eigenvalue weighted by molar-refractivity contribution is 0.413. The maximum Gasteiger partial charge on any atom is 0.118 e. The highest BCUT2D eigenvalue weighted by atomic mass is 16.5. The van der Waals surface area contributed by atoms with E-state index in [0.29, 0.717) is 0 Å². The van der Waals surface area contributed by atoms with Gasteiger partial charge in [-0.3, -0.25) is 0 Å². The summed E-state index contributed by atoms with van der Waals surface area (Å²) < 4.78 is 5.36. The van der Waals surface area contributed by atoms with Crippen LogP contribution >= 0.6 is 0 Å². The second-order valence-corrected chi connectivity index (χ2v) is 7.72. The van der Waals surface area contributed by atoms with Gasteiger partial charge in [0.1, 0.15) is 5.75 Å². The third-order valence-electron chi connectivity index (χ3n) is 5.86. The molecule has 146 valence electrons. The van der Waals surface area contributed by atoms with Gasteiger partial charge in [0.2, 0.25) is 0 Å². The zero-order valence-electron chi connectivity index (χ0n) is 16.9. The molecule has 0 aromatic heterocycles. The van der Waals surface area contributed by atoms with Gasteiger partial charge in [0, 0.05) is 18.8 Å². The van der Waals surface area contributed by atoms with E-state index in [2.05, 4.69) is 48.2 Å². The summed E-state index contributed by atoms with van der Waals surface area (Å²) in [5, 5.41) is 0. The summed E-state index contributed by atoms with van der Waals surface area (Å²) in [5.41, 5.74) is 10.5. The first kappa shape index (κ1) is 19.8. The lowest BCUT2D eigenvalue weighted by Gasteiger charge is -2.37. The molecule has 0 radical (unpaired) electrons. The van der Waals surface area contributed by atoms with Crippen LogP contribution in [0.5, 0.6) is 5.75 Å². The summed E-state index contributed by atoms with van der Waals surface area (Å²) in [4.78, 5) is 2.53. The van der Waals surface area contributed by atoms with Crippen LogP contribution in [0.15, 0.2) is 48.5 Å². The highest BCUT2D eigenvalue weighted by Crippen LogP contribution is 2.39. The van der Waals surface area contributed by atoms with Crippen LogP contribution in [0.4, 0.5) is 5.69 Å². The first-order valence-electron chi connectivity index (χ1n) is 10.5. The Hall–Kier alpha value is -2.00. The van der Waals surface area contributed by atoms with Gasteiger partial charge < -0.3 is 15.4 Å². The summed E-state index contributed by atoms with van der Waals surface area (Å²) in [6.45, 7) is 4.50. The van der Waals surface area contributed by atoms with E-state index in [1.165, 1.54) is 48.9 Å². The smallest absolute Gasteiger partial charge is 0.118 e. The first-order valence-corrected chi connectivity index (χ1v) is 10.5. The van der Waals surface area contributed by atoms with Gasteiger partial charge in [-0.2, -0.15) is 0 Å². The van der Waals surface area contributed by atoms with Gasteiger partial charge in [-0.1, -0.05) is 56.5 Å². The van der Waals surface area contributed by atoms with E-state index in [-0.39, 0.29) is 0 Å². The fourth-order valence-electron chi connectivity index (χ4n) is 4.24. The maximum absolute atomic E-state index is 7.21. The van der Waals surface area contributed by atoms with Gasteiger partial charge in [0.05, 0.1) is 12.6 Å². The molecule has 3 rings (SSSR count). The molecule has 3 nitrogen and oxygen atoms in total. The quantitative estimate of drug-likeness (QED) is 0.630. The maximum atomic E-state index is 7.21. The molecule has 2 aromatic rings. The van der Waals surface area contributed by atoms with Gasteiger partial charge in [-0.15, -0.1) is 0 Å². The lowest BCUT2D eigenvalue weighted by Crippen LogP contribution is -2.41. The van der Waals surface area contributed by atoms with Gasteiger partial charge in [-0.25, -0.2) is 0 Å². The summed E-state index contributed by atoms with van der Waals surface area (Å²) in [6, 6.07) is 17.1. The average molecular weight is 367 g/mol. The molecule has 3 heteroatoms. The standard InChI is InChI=1S/C24H34N2O/c1-3-4-8-17-24(25,20-13-15-21(27-2)16-14-20)22-11-6-7-12-23(22)26-18-9-5-10-19-26/h6-7,11-16H,3-5,8-10,17-19,25H2,1-2H3/t24-/m0/s1. The van der Waals surface area contributed by atoms with Crippen LogP contribution in [0.2, 0.25) is 0 Å². The molecular weight excluding hydrogens is 332 g/mol. The Morgan fingerprint density at radius 1 is 0.963 bits per heavy atom. The number of piperidine rings is 1. The zero-order chi connectivity index (χ0) is 19.1. The van der Waals surface area contributed by atoms with Crippen LogP contribution in [-0.4, -0.2) is 20.2 Å². The number of ether oxygens (including phenoxy) is 1. The van der Waals surface area contributed by atoms with E-state index < -0.39 is 5.54 Å². The molecule has 0 spiro atoms. The van der Waals surface area contributed by atoms with Crippen molar-refractivity contribution in [3.63, 3.8) is 0 Å². The van der Waals surface area contributed by atoms with Crippen molar-refractivity contribution >= 4 is 5.69 Å². The lowest BCUT2D eigenvalue weighted by atomic mass is 9.78. The average Bonchev–Trinajstić information content (AvgIpc) is 2.74. The van der Waals surface area contributed by atoms with Crippen LogP contribution < -0.4 is 15.4 Å². The van der Waals surface area contributed by atoms with Crippen molar-refractivity contribution in [2.24, 2.45) is 5.73 Å². The predicted octanol–water partition coefficient (Wildman–Crippen LogP) is 5.47. The van der Waals surface area contributed by atoms with Crippen molar-refractivity contribution in [3.8, 4) is 5.75 Å². The number of anilines is 1. The van der Waals surface area contributed by atoms with Gasteiger partial charge >= 0.3 is 0 Å². The Balaban J connectivity index is 2.01. The Labute approximate surface area is 164 Å². The van der Waals surface area contributed by atoms with Crippen molar-refractivity contribution in [1.29, 1.82) is 0 Å². The molecule has 2 N–H and O–H groups in total. The summed E-state index contributed by atoms with van der Waals surface area (Å²) in [6.07, 6.45) is 8.37. The molecule has 0 aliphatic carbocycles. The van der Waals surface area contributed by atoms with Crippen LogP contribution in [0.1, 0.15) is 63.0 Å². The van der Waals surface area contributed by atoms with Crippen LogP contribution in [-0.2, 0) is 5.54 Å². The number of hydrogen-bond donors (Lipinski definition) is 1. The van der Waals surface area contributed by atoms with Gasteiger partial charge in [0.15, 0.2) is 0 Å². The molecular formula is C24H34N2O. The van der Waals surface area contributed by atoms with E-state index in [1.807, 2.05) is 12.1 Å². The number of nitrogens with two attached hydrogens (primary N) is 1. The molecule has 1 aliphatic rings. The molecule has 0 unspecified atom stereocenters. The number of methoxy groups -OCH3 is 1. The van der Waals surface area contributed by atoms with Crippen molar-refractivity contribution in [2.75, 3.05) is 25.1 Å². The van der Waals surface area contributed by atoms with Gasteiger partial charge in [-0.05, 0) is 55.0 Å². The highest BCUT2D eigenvalue weighted by molar-refractivity contribution is 5.60. The minimum absolute atomic E-state index is 0.477. The molecule has 27 heavy (non-hydrogen) atoms. The summed E-state index contributed by atoms with van der Waals surface area (Å²) >= 11 is 0. The fourth-order valence-corrected chi connectivity index (χ4v) is 4.24. The molecule has 2 aromatic carbocycles. The fraction of sp³-hybridized carbons (Fsp3) is 0.500. The normalized spacial score (nSPS) is 16.8. The number of para-hydroxylation sites is 1. The molecule has 1 fully saturated rings. The van der Waals surface area contributed by atoms with Crippen molar-refractivity contribution < 1.29 is 4.74 Å². The number of hydrogen-bond acceptors (Lipinski definition) is 3. The molecule has 1 heterocycles. The molecule has 0 saturated carbocycles. The van der Waals surface area contributed by atoms with Gasteiger partial charge in [0.25, 0.3) is 0 Å². The highest BCUT2D eigenvalue weighted by Gasteiger charge is 2.32. The number of benzene rings is 2. The topological polar surface area (TPSA) is 38.5 Å². The second kappa shape index (κ2) is 9.27. The van der Waals surface area contributed by atoms with E-state index in [1.54, 1.807) is 7.11 Å². The Morgan fingerprint density at radius 3 is 2.33 bits per heavy atom. The first-order chi connectivity index (χ1) is 13.2. The van der Waals surface area contributed by atoms with E-state index >= 15 is 0 Å². The van der Waals surface area contributed by atoms with E-state index in [0.717, 1.165) is 31.7 Å². The second-order valence-electron chi connectivity index (χ2n) is 7.72. The Bertz CT molecular complexity index is 707. The monoisotopic (exact) mass is 366 g/mol. The third-order valence-corrected chi connectivity index (χ3v) is 5.86. The van der Waals surface area contributed by atoms with E-state index in [9.17, 15) is 0 Å². The van der Waals surface area contributed by atoms with Crippen molar-refractivity contribution in [2.45, 2.75) is 57.4 Å². The van der Waals surface area contributed by atoms with Crippen molar-refractivity contribution in [3.05, 3.63) is 59.7 Å². The van der Waals surface area contributed by atoms with Crippen LogP contribution in [0.3, 0.4) is 0 Å². The molecule has 1 aliphatic heterocycles. The Morgan fingerprint density at radius 2 is 1.67 bits per heavy atom. The molecule has 0 bridgehead atoms. The molecule has 0 amide bonds. The summed E-state index contributed by atoms with van der Waals surface area (Å²) in [7, 11) is 1.71. The van der Waals surface area contributed by atoms with Crippen LogP contribution in [0, 0.1) is 0 Å². The zero-order valence-corrected chi connectivity index (χ0v) is 16.9. The van der Waals surface area contributed by atoms with Crippen LogP contribution in [0.25, 0.3) is 0 Å².